The fourth-order valence-corrected chi connectivity index (χ4v) is 13.7. The Balaban J connectivity index is 1.08. The molecule has 0 unspecified atom stereocenters. The van der Waals surface area contributed by atoms with Crippen molar-refractivity contribution in [2.45, 2.75) is 75.4 Å². The lowest BCUT2D eigenvalue weighted by Crippen LogP contribution is -2.58. The molecule has 1 aromatic carbocycles. The molecule has 0 spiro atoms. The smallest absolute Gasteiger partial charge is 0.323 e. The molecule has 0 bridgehead atoms. The largest absolute Gasteiger partial charge is 0.494 e. The van der Waals surface area contributed by atoms with Crippen molar-refractivity contribution in [1.82, 2.24) is 55.9 Å². The molecular weight excluding hydrogens is 1300 g/mol. The van der Waals surface area contributed by atoms with Gasteiger partial charge in [0, 0.05) is 95.5 Å². The minimum atomic E-state index is -5.11. The first-order valence-corrected chi connectivity index (χ1v) is 34.4. The Morgan fingerprint density at radius 3 is 1.71 bits per heavy atom. The zero-order valence-corrected chi connectivity index (χ0v) is 53.7. The Morgan fingerprint density at radius 2 is 1.17 bits per heavy atom. The van der Waals surface area contributed by atoms with Gasteiger partial charge in [0.1, 0.15) is 41.2 Å². The van der Waals surface area contributed by atoms with Crippen molar-refractivity contribution in [1.29, 1.82) is 0 Å². The minimum Gasteiger partial charge on any atom is -0.494 e. The number of carbonyl (C=O) groups is 9. The van der Waals surface area contributed by atoms with E-state index in [1.807, 2.05) is 11.4 Å². The van der Waals surface area contributed by atoms with Gasteiger partial charge < -0.3 is 57.1 Å². The number of carboxylic acids is 4. The van der Waals surface area contributed by atoms with Crippen molar-refractivity contribution in [2.24, 2.45) is 0 Å². The highest BCUT2D eigenvalue weighted by Crippen LogP contribution is 2.27. The Hall–Kier alpha value is -7.53. The van der Waals surface area contributed by atoms with Crippen LogP contribution in [0.25, 0.3) is 0 Å². The van der Waals surface area contributed by atoms with E-state index in [9.17, 15) is 97.9 Å². The van der Waals surface area contributed by atoms with Crippen molar-refractivity contribution in [3.63, 3.8) is 0 Å². The molecule has 0 aliphatic carbocycles. The highest BCUT2D eigenvalue weighted by atomic mass is 32.2. The second-order valence-electron chi connectivity index (χ2n) is 21.8. The van der Waals surface area contributed by atoms with E-state index in [1.54, 1.807) is 12.1 Å². The van der Waals surface area contributed by atoms with Crippen LogP contribution in [0.2, 0.25) is 0 Å². The van der Waals surface area contributed by atoms with Crippen LogP contribution in [0.3, 0.4) is 0 Å². The van der Waals surface area contributed by atoms with Gasteiger partial charge in [-0.3, -0.25) is 71.9 Å². The van der Waals surface area contributed by atoms with Crippen LogP contribution in [-0.2, 0) is 87.9 Å². The van der Waals surface area contributed by atoms with Gasteiger partial charge in [0.05, 0.1) is 42.6 Å². The zero-order valence-electron chi connectivity index (χ0n) is 50.5. The summed E-state index contributed by atoms with van der Waals surface area (Å²) in [6, 6.07) is 4.12. The summed E-state index contributed by atoms with van der Waals surface area (Å²) in [4.78, 5) is 125. The lowest BCUT2D eigenvalue weighted by molar-refractivity contribution is -0.140. The van der Waals surface area contributed by atoms with E-state index in [0.29, 0.717) is 17.7 Å². The summed E-state index contributed by atoms with van der Waals surface area (Å²) in [7, 11) is -14.7. The van der Waals surface area contributed by atoms with E-state index in [1.165, 1.54) is 62.5 Å². The molecule has 2 aliphatic rings. The second kappa shape index (κ2) is 35.5. The number of nitrogens with one attached hydrogen (secondary N) is 7. The van der Waals surface area contributed by atoms with Crippen LogP contribution in [0.15, 0.2) is 41.3 Å². The number of aryl methyl sites for hydroxylation is 5. The summed E-state index contributed by atoms with van der Waals surface area (Å²) in [6.45, 7) is 0.440. The first-order chi connectivity index (χ1) is 43.2. The fraction of sp³-hybridized carbons (Fsp3) is 0.556. The average Bonchev–Trinajstić information content (AvgIpc) is 0.910. The maximum Gasteiger partial charge on any atom is 0.323 e. The number of carbonyl (C=O) groups excluding carboxylic acids is 5. The number of pyridine rings is 1. The number of hydrogen-bond donors (Lipinski definition) is 13. The Bertz CT molecular complexity index is 3430. The minimum absolute atomic E-state index is 0.0320. The van der Waals surface area contributed by atoms with Crippen LogP contribution in [0.1, 0.15) is 56.2 Å². The number of nitrogens with zero attached hydrogens (tertiary/aromatic N) is 5. The molecule has 510 valence electrons. The number of sulfonamides is 1. The third kappa shape index (κ3) is 27.0. The number of amides is 5. The fourth-order valence-electron chi connectivity index (χ4n) is 9.83. The highest BCUT2D eigenvalue weighted by Gasteiger charge is 2.34. The zero-order chi connectivity index (χ0) is 67.9. The topological polar surface area (TPSA) is 497 Å². The first kappa shape index (κ1) is 75.2. The molecule has 5 amide bonds. The predicted octanol–water partition coefficient (Wildman–Crippen LogP) is -3.32. The molecule has 4 heterocycles. The predicted molar refractivity (Wildman–Crippen MR) is 329 cm³/mol. The maximum atomic E-state index is 13.6. The summed E-state index contributed by atoms with van der Waals surface area (Å²) in [5.74, 6) is -12.1. The van der Waals surface area contributed by atoms with Gasteiger partial charge >= 0.3 is 23.9 Å². The van der Waals surface area contributed by atoms with Crippen molar-refractivity contribution in [3.8, 4) is 5.75 Å². The molecule has 0 saturated carbocycles. The lowest BCUT2D eigenvalue weighted by atomic mass is 10.1. The van der Waals surface area contributed by atoms with E-state index in [4.69, 9.17) is 9.72 Å². The molecule has 13 N–H and O–H groups in total. The first-order valence-electron chi connectivity index (χ1n) is 28.9. The van der Waals surface area contributed by atoms with Crippen LogP contribution in [0.5, 0.6) is 5.75 Å². The average molecular weight is 1380 g/mol. The van der Waals surface area contributed by atoms with E-state index in [-0.39, 0.29) is 100 Å². The quantitative estimate of drug-likeness (QED) is 0.0205. The van der Waals surface area contributed by atoms with E-state index < -0.39 is 153 Å². The number of benzene rings is 1. The summed E-state index contributed by atoms with van der Waals surface area (Å²) in [5.41, 5.74) is 2.44. The summed E-state index contributed by atoms with van der Waals surface area (Å²) in [5, 5.41) is 53.0. The number of aromatic nitrogens is 1. The monoisotopic (exact) mass is 1370 g/mol. The standard InChI is InChI=1S/C54H78N12O22S4/c1-34-25-38(26-35(2)49(34)92(86,87)62-40(54(78)79)27-58-53(77)43-12-11-39(89-43)10-9-37-8-7-36-5-3-13-56-50(36)59-37)88-24-4-6-44(67)55-14-15-57-51(75)41(32-90(80,81)82)61-52(76)42(33-91(83,84)85)60-45(68)28-63-16-18-64(29-46(69)70)20-22-66(31-48(73)74)23-21-65(19-17-63)30-47(71)72/h7-8,11-12,25-26,40-42,62H,3-6,9-10,13-24,27-33H2,1-2H3,(H,55,67)(H,56,59)(H,57,75)(H,58,77)(H,60,68)(H,61,76)(H,69,70)(H,71,72)(H,73,74)(H,78,79)(H,80,81,82)(H,83,84,85)/t40-,41-,42-/m0/s1. The van der Waals surface area contributed by atoms with Crippen LogP contribution in [0, 0.1) is 13.8 Å². The van der Waals surface area contributed by atoms with Crippen molar-refractivity contribution in [2.75, 3.05) is 128 Å². The lowest BCUT2D eigenvalue weighted by Gasteiger charge is -2.33. The van der Waals surface area contributed by atoms with Gasteiger partial charge in [-0.2, -0.15) is 21.6 Å². The summed E-state index contributed by atoms with van der Waals surface area (Å²) in [6.07, 6.45) is 3.22. The Labute approximate surface area is 534 Å². The van der Waals surface area contributed by atoms with Gasteiger partial charge in [0.15, 0.2) is 0 Å². The van der Waals surface area contributed by atoms with Gasteiger partial charge in [0.2, 0.25) is 33.7 Å². The summed E-state index contributed by atoms with van der Waals surface area (Å²) < 4.78 is 103. The number of ether oxygens (including phenoxy) is 1. The molecule has 3 aromatic rings. The van der Waals surface area contributed by atoms with Crippen molar-refractivity contribution < 1.29 is 103 Å². The molecule has 3 atom stereocenters. The van der Waals surface area contributed by atoms with Gasteiger partial charge in [0.25, 0.3) is 26.1 Å². The molecule has 92 heavy (non-hydrogen) atoms. The molecule has 1 fully saturated rings. The second-order valence-corrected chi connectivity index (χ2v) is 27.6. The molecule has 5 rings (SSSR count). The molecule has 1 saturated heterocycles. The highest BCUT2D eigenvalue weighted by molar-refractivity contribution is 7.89. The van der Waals surface area contributed by atoms with Gasteiger partial charge in [-0.15, -0.1) is 11.3 Å². The van der Waals surface area contributed by atoms with Crippen LogP contribution >= 0.6 is 11.3 Å². The van der Waals surface area contributed by atoms with E-state index in [0.717, 1.165) is 35.8 Å². The number of thiophene rings is 1. The SMILES string of the molecule is Cc1cc(OCCCC(=O)NCCNC(=O)[C@H](CS(=O)(=O)O)NC(=O)[C@H](CS(=O)(=O)O)NC(=O)CN2CCN(CC(=O)O)CCN(CC(=O)O)CCN(CC(=O)O)CC2)cc(C)c1S(=O)(=O)N[C@@H](CNC(=O)c1ccc(CCc2ccc3c(n2)NCCC3)s1)C(=O)O. The van der Waals surface area contributed by atoms with Crippen molar-refractivity contribution >= 4 is 101 Å². The number of hydrogen-bond acceptors (Lipinski definition) is 23. The normalized spacial score (nSPS) is 16.0. The molecule has 34 nitrogen and oxygen atoms in total. The van der Waals surface area contributed by atoms with Crippen LogP contribution < -0.4 is 41.4 Å². The maximum absolute atomic E-state index is 13.6. The third-order valence-electron chi connectivity index (χ3n) is 14.2. The Kier molecular flexibility index (Phi) is 29.0. The molecule has 2 aliphatic heterocycles. The number of rotatable bonds is 34. The van der Waals surface area contributed by atoms with Crippen LogP contribution in [0.4, 0.5) is 5.82 Å². The molecule has 38 heteroatoms. The van der Waals surface area contributed by atoms with E-state index in [2.05, 4.69) is 37.4 Å². The number of anilines is 1. The molecule has 0 radical (unpaired) electrons. The van der Waals surface area contributed by atoms with Crippen molar-refractivity contribution in [3.05, 3.63) is 68.5 Å². The number of carboxylic acid groups (broad SMARTS) is 4. The van der Waals surface area contributed by atoms with E-state index >= 15 is 0 Å². The van der Waals surface area contributed by atoms with Gasteiger partial charge in [-0.25, -0.2) is 13.4 Å². The third-order valence-corrected chi connectivity index (χ3v) is 18.6. The molecule has 2 aromatic heterocycles. The van der Waals surface area contributed by atoms with Gasteiger partial charge in [-0.05, 0) is 93.0 Å². The Morgan fingerprint density at radius 1 is 0.641 bits per heavy atom. The molecular formula is C54H78N12O22S4. The summed E-state index contributed by atoms with van der Waals surface area (Å²) >= 11 is 1.23. The van der Waals surface area contributed by atoms with Gasteiger partial charge in [-0.1, -0.05) is 6.07 Å². The number of aliphatic carboxylic acids is 4. The number of fused-ring (bicyclic) bond motifs is 1. The van der Waals surface area contributed by atoms with Crippen LogP contribution in [-0.4, -0.2) is 274 Å².